The van der Waals surface area contributed by atoms with Gasteiger partial charge in [0.25, 0.3) is 0 Å². The summed E-state index contributed by atoms with van der Waals surface area (Å²) in [5.74, 6) is -1.23. The number of carboxylic acid groups (broad SMARTS) is 1. The van der Waals surface area contributed by atoms with Crippen molar-refractivity contribution in [2.75, 3.05) is 0 Å². The number of carboxylic acids is 1. The number of hydrogen-bond donors (Lipinski definition) is 3. The summed E-state index contributed by atoms with van der Waals surface area (Å²) >= 11 is 0. The van der Waals surface area contributed by atoms with Crippen LogP contribution in [0, 0.1) is 0 Å². The number of rotatable bonds is 9. The molecule has 0 heterocycles. The number of unbranched alkanes of at least 4 members (excludes halogenated alkanes) is 1. The molecule has 0 bridgehead atoms. The number of aliphatic carboxylic acids is 1. The highest BCUT2D eigenvalue weighted by molar-refractivity contribution is 5.78. The van der Waals surface area contributed by atoms with E-state index in [4.69, 9.17) is 10.8 Å². The number of carbonyl (C=O) groups is 2. The largest absolute Gasteiger partial charge is 0.480 e. The highest BCUT2D eigenvalue weighted by atomic mass is 16.4. The molecule has 0 saturated carbocycles. The smallest absolute Gasteiger partial charge is 0.320 e. The van der Waals surface area contributed by atoms with Gasteiger partial charge in [-0.15, -0.1) is 0 Å². The molecule has 0 saturated heterocycles. The van der Waals surface area contributed by atoms with Crippen LogP contribution in [0.1, 0.15) is 50.6 Å². The van der Waals surface area contributed by atoms with E-state index >= 15 is 0 Å². The van der Waals surface area contributed by atoms with Crippen LogP contribution in [0.5, 0.6) is 0 Å². The van der Waals surface area contributed by atoms with Gasteiger partial charge in [0, 0.05) is 6.42 Å². The number of nitrogens with two attached hydrogens (primary N) is 1. The quantitative estimate of drug-likeness (QED) is 0.650. The highest BCUT2D eigenvalue weighted by Gasteiger charge is 2.17. The minimum absolute atomic E-state index is 0.0281. The molecule has 116 valence electrons. The first kappa shape index (κ1) is 17.2. The Kier molecular flexibility index (Phi) is 7.46. The van der Waals surface area contributed by atoms with Crippen molar-refractivity contribution in [2.45, 2.75) is 51.1 Å². The zero-order valence-corrected chi connectivity index (χ0v) is 12.4. The van der Waals surface area contributed by atoms with Crippen molar-refractivity contribution >= 4 is 11.9 Å². The van der Waals surface area contributed by atoms with E-state index in [0.717, 1.165) is 24.8 Å². The maximum atomic E-state index is 12.0. The van der Waals surface area contributed by atoms with Gasteiger partial charge in [0.05, 0.1) is 6.04 Å². The lowest BCUT2D eigenvalue weighted by atomic mass is 10.0. The van der Waals surface area contributed by atoms with Gasteiger partial charge < -0.3 is 16.2 Å². The second-order valence-electron chi connectivity index (χ2n) is 5.16. The van der Waals surface area contributed by atoms with Gasteiger partial charge in [-0.2, -0.15) is 0 Å². The first-order chi connectivity index (χ1) is 10.0. The van der Waals surface area contributed by atoms with Crippen LogP contribution >= 0.6 is 0 Å². The highest BCUT2D eigenvalue weighted by Crippen LogP contribution is 2.19. The predicted octanol–water partition coefficient (Wildman–Crippen LogP) is 2.23. The molecule has 1 aromatic carbocycles. The average Bonchev–Trinajstić information content (AvgIpc) is 2.49. The fourth-order valence-electron chi connectivity index (χ4n) is 2.09. The average molecular weight is 292 g/mol. The van der Waals surface area contributed by atoms with E-state index in [1.54, 1.807) is 0 Å². The summed E-state index contributed by atoms with van der Waals surface area (Å²) in [6, 6.07) is 8.80. The normalized spacial score (nSPS) is 13.4. The third kappa shape index (κ3) is 6.40. The van der Waals surface area contributed by atoms with E-state index in [1.165, 1.54) is 0 Å². The van der Waals surface area contributed by atoms with E-state index in [2.05, 4.69) is 12.2 Å². The number of carbonyl (C=O) groups excluding carboxylic acids is 1. The lowest BCUT2D eigenvalue weighted by Crippen LogP contribution is -2.34. The topological polar surface area (TPSA) is 92.4 Å². The molecule has 0 radical (unpaired) electrons. The second kappa shape index (κ2) is 9.13. The van der Waals surface area contributed by atoms with Crippen molar-refractivity contribution in [1.29, 1.82) is 0 Å². The van der Waals surface area contributed by atoms with Gasteiger partial charge in [-0.05, 0) is 18.4 Å². The van der Waals surface area contributed by atoms with Gasteiger partial charge in [0.2, 0.25) is 5.91 Å². The molecule has 1 rings (SSSR count). The molecule has 0 fully saturated rings. The Labute approximate surface area is 125 Å². The van der Waals surface area contributed by atoms with Crippen molar-refractivity contribution in [3.05, 3.63) is 35.9 Å². The van der Waals surface area contributed by atoms with Gasteiger partial charge in [-0.3, -0.25) is 9.59 Å². The van der Waals surface area contributed by atoms with Gasteiger partial charge in [-0.1, -0.05) is 50.1 Å². The fraction of sp³-hybridized carbons (Fsp3) is 0.500. The zero-order chi connectivity index (χ0) is 15.7. The Morgan fingerprint density at radius 2 is 1.90 bits per heavy atom. The molecule has 1 aromatic rings. The van der Waals surface area contributed by atoms with Gasteiger partial charge in [0.15, 0.2) is 0 Å². The molecule has 0 aliphatic carbocycles. The number of amides is 1. The van der Waals surface area contributed by atoms with E-state index in [-0.39, 0.29) is 24.8 Å². The predicted molar refractivity (Wildman–Crippen MR) is 81.7 cm³/mol. The van der Waals surface area contributed by atoms with Crippen LogP contribution in [0.2, 0.25) is 0 Å². The summed E-state index contributed by atoms with van der Waals surface area (Å²) in [7, 11) is 0. The van der Waals surface area contributed by atoms with Crippen LogP contribution in [-0.4, -0.2) is 23.0 Å². The van der Waals surface area contributed by atoms with Crippen molar-refractivity contribution < 1.29 is 14.7 Å². The third-order valence-corrected chi connectivity index (χ3v) is 3.38. The minimum atomic E-state index is -1.08. The standard InChI is InChI=1S/C16H24N2O3/c1-2-3-9-14(12-7-5-4-6-8-12)18-15(19)11-10-13(17)16(20)21/h4-8,13-14H,2-3,9-11,17H2,1H3,(H,18,19)(H,20,21)/t13-,14?/m0/s1. The molecular weight excluding hydrogens is 268 g/mol. The molecule has 0 aliphatic rings. The summed E-state index contributed by atoms with van der Waals surface area (Å²) in [6.45, 7) is 2.11. The van der Waals surface area contributed by atoms with Crippen LogP contribution in [-0.2, 0) is 9.59 Å². The first-order valence-corrected chi connectivity index (χ1v) is 7.37. The maximum absolute atomic E-state index is 12.0. The van der Waals surface area contributed by atoms with Crippen LogP contribution < -0.4 is 11.1 Å². The van der Waals surface area contributed by atoms with Crippen LogP contribution in [0.4, 0.5) is 0 Å². The SMILES string of the molecule is CCCCC(NC(=O)CC[C@H](N)C(=O)O)c1ccccc1. The van der Waals surface area contributed by atoms with Crippen molar-refractivity contribution in [2.24, 2.45) is 5.73 Å². The summed E-state index contributed by atoms with van der Waals surface area (Å²) in [6.07, 6.45) is 3.23. The van der Waals surface area contributed by atoms with Gasteiger partial charge in [0.1, 0.15) is 6.04 Å². The Bertz CT molecular complexity index is 448. The molecule has 0 spiro atoms. The fourth-order valence-corrected chi connectivity index (χ4v) is 2.09. The Hall–Kier alpha value is -1.88. The van der Waals surface area contributed by atoms with Gasteiger partial charge >= 0.3 is 5.97 Å². The van der Waals surface area contributed by atoms with Crippen molar-refractivity contribution in [1.82, 2.24) is 5.32 Å². The van der Waals surface area contributed by atoms with E-state index in [9.17, 15) is 9.59 Å². The minimum Gasteiger partial charge on any atom is -0.480 e. The summed E-state index contributed by atoms with van der Waals surface area (Å²) in [5, 5.41) is 11.7. The lowest BCUT2D eigenvalue weighted by Gasteiger charge is -2.19. The molecule has 21 heavy (non-hydrogen) atoms. The monoisotopic (exact) mass is 292 g/mol. The molecule has 1 amide bonds. The molecule has 1 unspecified atom stereocenters. The first-order valence-electron chi connectivity index (χ1n) is 7.37. The maximum Gasteiger partial charge on any atom is 0.320 e. The third-order valence-electron chi connectivity index (χ3n) is 3.38. The van der Waals surface area contributed by atoms with E-state index < -0.39 is 12.0 Å². The second-order valence-corrected chi connectivity index (χ2v) is 5.16. The van der Waals surface area contributed by atoms with Gasteiger partial charge in [-0.25, -0.2) is 0 Å². The Morgan fingerprint density at radius 3 is 2.48 bits per heavy atom. The number of benzene rings is 1. The van der Waals surface area contributed by atoms with Crippen LogP contribution in [0.3, 0.4) is 0 Å². The molecule has 2 atom stereocenters. The van der Waals surface area contributed by atoms with E-state index in [0.29, 0.717) is 0 Å². The Balaban J connectivity index is 2.56. The molecular formula is C16H24N2O3. The summed E-state index contributed by atoms with van der Waals surface area (Å²) in [4.78, 5) is 22.6. The molecule has 5 heteroatoms. The van der Waals surface area contributed by atoms with Crippen LogP contribution in [0.15, 0.2) is 30.3 Å². The zero-order valence-electron chi connectivity index (χ0n) is 12.4. The molecule has 0 aliphatic heterocycles. The summed E-state index contributed by atoms with van der Waals surface area (Å²) < 4.78 is 0. The molecule has 5 nitrogen and oxygen atoms in total. The van der Waals surface area contributed by atoms with Crippen molar-refractivity contribution in [3.8, 4) is 0 Å². The number of nitrogens with one attached hydrogen (secondary N) is 1. The molecule has 4 N–H and O–H groups in total. The summed E-state index contributed by atoms with van der Waals surface area (Å²) in [5.41, 5.74) is 6.48. The lowest BCUT2D eigenvalue weighted by molar-refractivity contribution is -0.138. The van der Waals surface area contributed by atoms with Crippen molar-refractivity contribution in [3.63, 3.8) is 0 Å². The Morgan fingerprint density at radius 1 is 1.24 bits per heavy atom. The van der Waals surface area contributed by atoms with Crippen LogP contribution in [0.25, 0.3) is 0 Å². The number of hydrogen-bond acceptors (Lipinski definition) is 3. The molecule has 0 aromatic heterocycles. The van der Waals surface area contributed by atoms with E-state index in [1.807, 2.05) is 30.3 Å².